The Morgan fingerprint density at radius 3 is 2.19 bits per heavy atom. The summed E-state index contributed by atoms with van der Waals surface area (Å²) in [5, 5.41) is 9.28. The van der Waals surface area contributed by atoms with Gasteiger partial charge in [-0.15, -0.1) is 0 Å². The fraction of sp³-hybridized carbons (Fsp3) is 0.278. The lowest BCUT2D eigenvalue weighted by atomic mass is 10.0. The molecule has 0 aliphatic rings. The Balaban J connectivity index is 1.98. The van der Waals surface area contributed by atoms with Crippen LogP contribution in [-0.2, 0) is 0 Å². The Labute approximate surface area is 125 Å². The molecule has 0 amide bonds. The van der Waals surface area contributed by atoms with Crippen molar-refractivity contribution in [3.8, 4) is 5.75 Å². The second-order valence-corrected chi connectivity index (χ2v) is 5.49. The zero-order valence-corrected chi connectivity index (χ0v) is 12.8. The molecule has 0 atom stereocenters. The van der Waals surface area contributed by atoms with Gasteiger partial charge < -0.3 is 10.0 Å². The van der Waals surface area contributed by atoms with E-state index in [1.165, 1.54) is 0 Å². The number of nitrogens with zero attached hydrogens (tertiary/aromatic N) is 1. The van der Waals surface area contributed by atoms with E-state index < -0.39 is 0 Å². The predicted molar refractivity (Wildman–Crippen MR) is 86.2 cm³/mol. The van der Waals surface area contributed by atoms with E-state index >= 15 is 0 Å². The van der Waals surface area contributed by atoms with Gasteiger partial charge in [0.05, 0.1) is 0 Å². The number of aromatic hydroxyl groups is 1. The molecular formula is C18H21NO2. The minimum atomic E-state index is 0.160. The van der Waals surface area contributed by atoms with Crippen LogP contribution in [0.2, 0.25) is 0 Å². The number of benzene rings is 2. The molecular weight excluding hydrogens is 262 g/mol. The lowest BCUT2D eigenvalue weighted by Crippen LogP contribution is -2.21. The van der Waals surface area contributed by atoms with Gasteiger partial charge in [0.1, 0.15) is 5.75 Å². The topological polar surface area (TPSA) is 40.5 Å². The molecule has 2 aromatic rings. The van der Waals surface area contributed by atoms with Gasteiger partial charge in [0.2, 0.25) is 0 Å². The van der Waals surface area contributed by atoms with E-state index in [4.69, 9.17) is 0 Å². The molecule has 2 aromatic carbocycles. The molecule has 0 unspecified atom stereocenters. The Morgan fingerprint density at radius 2 is 1.62 bits per heavy atom. The van der Waals surface area contributed by atoms with Gasteiger partial charge in [0.25, 0.3) is 0 Å². The van der Waals surface area contributed by atoms with E-state index in [2.05, 4.69) is 6.07 Å². The first-order valence-corrected chi connectivity index (χ1v) is 7.07. The smallest absolute Gasteiger partial charge is 0.164 e. The Kier molecular flexibility index (Phi) is 4.63. The standard InChI is InChI=1S/C18H21NO2/c1-13-10-14(2)12-15(11-13)18(21)8-9-19(3)16-4-6-17(20)7-5-16/h4-7,10-12,20H,8-9H2,1-3H3. The van der Waals surface area contributed by atoms with Crippen LogP contribution < -0.4 is 4.90 Å². The summed E-state index contributed by atoms with van der Waals surface area (Å²) in [7, 11) is 1.95. The van der Waals surface area contributed by atoms with Gasteiger partial charge in [-0.3, -0.25) is 4.79 Å². The Morgan fingerprint density at radius 1 is 1.05 bits per heavy atom. The van der Waals surface area contributed by atoms with Crippen molar-refractivity contribution in [3.05, 3.63) is 59.2 Å². The number of hydrogen-bond acceptors (Lipinski definition) is 3. The molecule has 110 valence electrons. The zero-order valence-electron chi connectivity index (χ0n) is 12.8. The van der Waals surface area contributed by atoms with E-state index in [1.54, 1.807) is 12.1 Å². The third-order valence-electron chi connectivity index (χ3n) is 3.51. The van der Waals surface area contributed by atoms with Crippen LogP contribution in [0.3, 0.4) is 0 Å². The maximum absolute atomic E-state index is 12.3. The summed E-state index contributed by atoms with van der Waals surface area (Å²) in [6.07, 6.45) is 0.472. The summed E-state index contributed by atoms with van der Waals surface area (Å²) >= 11 is 0. The normalized spacial score (nSPS) is 10.4. The largest absolute Gasteiger partial charge is 0.508 e. The molecule has 0 spiro atoms. The number of hydrogen-bond donors (Lipinski definition) is 1. The van der Waals surface area contributed by atoms with Gasteiger partial charge in [0.15, 0.2) is 5.78 Å². The van der Waals surface area contributed by atoms with E-state index in [-0.39, 0.29) is 11.5 Å². The fourth-order valence-corrected chi connectivity index (χ4v) is 2.39. The molecule has 0 aliphatic heterocycles. The van der Waals surface area contributed by atoms with Crippen LogP contribution in [0.4, 0.5) is 5.69 Å². The van der Waals surface area contributed by atoms with Crippen molar-refractivity contribution in [2.45, 2.75) is 20.3 Å². The number of rotatable bonds is 5. The molecule has 3 heteroatoms. The van der Waals surface area contributed by atoms with E-state index in [0.29, 0.717) is 13.0 Å². The van der Waals surface area contributed by atoms with Gasteiger partial charge in [-0.1, -0.05) is 17.2 Å². The average Bonchev–Trinajstić information content (AvgIpc) is 2.44. The second-order valence-electron chi connectivity index (χ2n) is 5.49. The van der Waals surface area contributed by atoms with Gasteiger partial charge >= 0.3 is 0 Å². The number of Topliss-reactive ketones (excluding diaryl/α,β-unsaturated/α-hetero) is 1. The molecule has 1 N–H and O–H groups in total. The lowest BCUT2D eigenvalue weighted by Gasteiger charge is -2.19. The summed E-state index contributed by atoms with van der Waals surface area (Å²) in [5.41, 5.74) is 4.00. The number of carbonyl (C=O) groups excluding carboxylic acids is 1. The van der Waals surface area contributed by atoms with Crippen molar-refractivity contribution in [2.24, 2.45) is 0 Å². The Bertz CT molecular complexity index is 612. The minimum Gasteiger partial charge on any atom is -0.508 e. The number of aryl methyl sites for hydroxylation is 2. The molecule has 0 aliphatic carbocycles. The summed E-state index contributed by atoms with van der Waals surface area (Å²) < 4.78 is 0. The predicted octanol–water partition coefficient (Wildman–Crippen LogP) is 3.72. The van der Waals surface area contributed by atoms with Crippen LogP contribution in [0.1, 0.15) is 27.9 Å². The summed E-state index contributed by atoms with van der Waals surface area (Å²) in [6.45, 7) is 4.66. The minimum absolute atomic E-state index is 0.160. The van der Waals surface area contributed by atoms with Crippen molar-refractivity contribution in [2.75, 3.05) is 18.5 Å². The fourth-order valence-electron chi connectivity index (χ4n) is 2.39. The first-order chi connectivity index (χ1) is 9.95. The van der Waals surface area contributed by atoms with Gasteiger partial charge in [-0.05, 0) is 50.2 Å². The zero-order chi connectivity index (χ0) is 15.4. The van der Waals surface area contributed by atoms with Crippen LogP contribution in [0.25, 0.3) is 0 Å². The third kappa shape index (κ3) is 4.09. The van der Waals surface area contributed by atoms with Crippen molar-refractivity contribution >= 4 is 11.5 Å². The Hall–Kier alpha value is -2.29. The highest BCUT2D eigenvalue weighted by atomic mass is 16.3. The average molecular weight is 283 g/mol. The summed E-state index contributed by atoms with van der Waals surface area (Å²) in [6, 6.07) is 12.9. The first kappa shape index (κ1) is 15.1. The molecule has 0 heterocycles. The van der Waals surface area contributed by atoms with Crippen LogP contribution in [0.5, 0.6) is 5.75 Å². The molecule has 21 heavy (non-hydrogen) atoms. The number of carbonyl (C=O) groups is 1. The first-order valence-electron chi connectivity index (χ1n) is 7.07. The maximum Gasteiger partial charge on any atom is 0.164 e. The SMILES string of the molecule is Cc1cc(C)cc(C(=O)CCN(C)c2ccc(O)cc2)c1. The molecule has 2 rings (SSSR count). The number of anilines is 1. The van der Waals surface area contributed by atoms with Crippen molar-refractivity contribution in [1.82, 2.24) is 0 Å². The highest BCUT2D eigenvalue weighted by Gasteiger charge is 2.09. The lowest BCUT2D eigenvalue weighted by molar-refractivity contribution is 0.0984. The highest BCUT2D eigenvalue weighted by molar-refractivity contribution is 5.96. The van der Waals surface area contributed by atoms with Crippen LogP contribution in [-0.4, -0.2) is 24.5 Å². The van der Waals surface area contributed by atoms with Gasteiger partial charge in [-0.25, -0.2) is 0 Å². The number of ketones is 1. The molecule has 0 saturated heterocycles. The van der Waals surface area contributed by atoms with Gasteiger partial charge in [-0.2, -0.15) is 0 Å². The number of phenols is 1. The van der Waals surface area contributed by atoms with Gasteiger partial charge in [0, 0.05) is 31.3 Å². The molecule has 0 bridgehead atoms. The van der Waals surface area contributed by atoms with Crippen molar-refractivity contribution in [3.63, 3.8) is 0 Å². The summed E-state index contributed by atoms with van der Waals surface area (Å²) in [5.74, 6) is 0.408. The second kappa shape index (κ2) is 6.44. The summed E-state index contributed by atoms with van der Waals surface area (Å²) in [4.78, 5) is 14.3. The van der Waals surface area contributed by atoms with Crippen molar-refractivity contribution < 1.29 is 9.90 Å². The number of phenolic OH excluding ortho intramolecular Hbond substituents is 1. The molecule has 0 radical (unpaired) electrons. The molecule has 0 aromatic heterocycles. The van der Waals surface area contributed by atoms with Crippen LogP contribution >= 0.6 is 0 Å². The highest BCUT2D eigenvalue weighted by Crippen LogP contribution is 2.18. The van der Waals surface area contributed by atoms with E-state index in [0.717, 1.165) is 22.4 Å². The maximum atomic E-state index is 12.3. The van der Waals surface area contributed by atoms with Crippen LogP contribution in [0.15, 0.2) is 42.5 Å². The molecule has 0 saturated carbocycles. The molecule has 3 nitrogen and oxygen atoms in total. The van der Waals surface area contributed by atoms with E-state index in [9.17, 15) is 9.90 Å². The van der Waals surface area contributed by atoms with E-state index in [1.807, 2.05) is 50.1 Å². The van der Waals surface area contributed by atoms with Crippen molar-refractivity contribution in [1.29, 1.82) is 0 Å². The quantitative estimate of drug-likeness (QED) is 0.850. The third-order valence-corrected chi connectivity index (χ3v) is 3.51. The molecule has 0 fully saturated rings. The van der Waals surface area contributed by atoms with Crippen LogP contribution in [0, 0.1) is 13.8 Å². The monoisotopic (exact) mass is 283 g/mol.